The number of rotatable bonds is 10. The van der Waals surface area contributed by atoms with Gasteiger partial charge < -0.3 is 9.84 Å². The zero-order valence-corrected chi connectivity index (χ0v) is 14.2. The van der Waals surface area contributed by atoms with E-state index in [1.165, 1.54) is 25.7 Å². The number of hydrogen-bond donors (Lipinski definition) is 1. The highest BCUT2D eigenvalue weighted by molar-refractivity contribution is 5.81. The molecule has 1 fully saturated rings. The molecule has 0 aromatic carbocycles. The first kappa shape index (κ1) is 19.0. The van der Waals surface area contributed by atoms with Gasteiger partial charge in [0.15, 0.2) is 0 Å². The molecule has 0 saturated heterocycles. The molecule has 0 bridgehead atoms. The largest absolute Gasteiger partial charge is 0.481 e. The van der Waals surface area contributed by atoms with E-state index in [0.29, 0.717) is 19.4 Å². The maximum Gasteiger partial charge on any atom is 0.309 e. The fourth-order valence-corrected chi connectivity index (χ4v) is 3.17. The molecule has 1 saturated carbocycles. The minimum Gasteiger partial charge on any atom is -0.481 e. The quantitative estimate of drug-likeness (QED) is 0.479. The predicted octanol–water partition coefficient (Wildman–Crippen LogP) is 4.42. The third kappa shape index (κ3) is 7.28. The van der Waals surface area contributed by atoms with Gasteiger partial charge in [0, 0.05) is 0 Å². The van der Waals surface area contributed by atoms with E-state index in [-0.39, 0.29) is 5.97 Å². The Morgan fingerprint density at radius 2 is 1.59 bits per heavy atom. The molecule has 0 spiro atoms. The van der Waals surface area contributed by atoms with Crippen molar-refractivity contribution in [1.29, 1.82) is 0 Å². The van der Waals surface area contributed by atoms with Crippen molar-refractivity contribution in [1.82, 2.24) is 0 Å². The summed E-state index contributed by atoms with van der Waals surface area (Å²) in [6, 6.07) is 0. The van der Waals surface area contributed by atoms with Gasteiger partial charge in [-0.25, -0.2) is 0 Å². The van der Waals surface area contributed by atoms with Gasteiger partial charge in [-0.3, -0.25) is 9.59 Å². The molecular formula is C18H32O4. The summed E-state index contributed by atoms with van der Waals surface area (Å²) in [7, 11) is 0. The predicted molar refractivity (Wildman–Crippen MR) is 86.6 cm³/mol. The third-order valence-electron chi connectivity index (χ3n) is 4.56. The molecule has 0 aliphatic heterocycles. The van der Waals surface area contributed by atoms with Crippen LogP contribution in [0, 0.1) is 17.8 Å². The summed E-state index contributed by atoms with van der Waals surface area (Å²) < 4.78 is 5.30. The van der Waals surface area contributed by atoms with Crippen LogP contribution in [0.3, 0.4) is 0 Å². The summed E-state index contributed by atoms with van der Waals surface area (Å²) in [4.78, 5) is 23.2. The normalized spacial score (nSPS) is 21.8. The van der Waals surface area contributed by atoms with Gasteiger partial charge in [-0.15, -0.1) is 0 Å². The molecule has 0 aromatic rings. The van der Waals surface area contributed by atoms with Crippen molar-refractivity contribution in [2.75, 3.05) is 6.61 Å². The first-order valence-corrected chi connectivity index (χ1v) is 8.91. The number of ether oxygens (including phenoxy) is 1. The number of unbranched alkanes of at least 4 members (excludes halogenated alkanes) is 4. The number of esters is 1. The summed E-state index contributed by atoms with van der Waals surface area (Å²) in [6.45, 7) is 4.93. The Kier molecular flexibility index (Phi) is 9.17. The molecule has 0 amide bonds. The van der Waals surface area contributed by atoms with Crippen LogP contribution in [0.15, 0.2) is 0 Å². The molecule has 2 atom stereocenters. The van der Waals surface area contributed by atoms with Gasteiger partial charge in [-0.2, -0.15) is 0 Å². The second-order valence-electron chi connectivity index (χ2n) is 6.95. The SMILES string of the molecule is CC(C)CCCCCCCOC(=O)C1CCCCC1C(=O)O. The highest BCUT2D eigenvalue weighted by Crippen LogP contribution is 2.31. The van der Waals surface area contributed by atoms with Crippen LogP contribution >= 0.6 is 0 Å². The van der Waals surface area contributed by atoms with Crippen molar-refractivity contribution in [3.8, 4) is 0 Å². The lowest BCUT2D eigenvalue weighted by Crippen LogP contribution is -2.33. The standard InChI is InChI=1S/C18H32O4/c1-14(2)10-6-4-3-5-9-13-22-18(21)16-12-8-7-11-15(16)17(19)20/h14-16H,3-13H2,1-2H3,(H,19,20). The molecule has 0 aromatic heterocycles. The number of carboxylic acid groups (broad SMARTS) is 1. The zero-order valence-electron chi connectivity index (χ0n) is 14.2. The molecule has 0 radical (unpaired) electrons. The fourth-order valence-electron chi connectivity index (χ4n) is 3.17. The summed E-state index contributed by atoms with van der Waals surface area (Å²) in [5.74, 6) is -1.35. The maximum absolute atomic E-state index is 12.0. The zero-order chi connectivity index (χ0) is 16.4. The van der Waals surface area contributed by atoms with Gasteiger partial charge in [0.2, 0.25) is 0 Å². The second kappa shape index (κ2) is 10.6. The first-order valence-electron chi connectivity index (χ1n) is 8.91. The lowest BCUT2D eigenvalue weighted by Gasteiger charge is -2.26. The molecule has 128 valence electrons. The summed E-state index contributed by atoms with van der Waals surface area (Å²) >= 11 is 0. The van der Waals surface area contributed by atoms with Gasteiger partial charge in [0.05, 0.1) is 18.4 Å². The molecule has 1 N–H and O–H groups in total. The Hall–Kier alpha value is -1.06. The molecular weight excluding hydrogens is 280 g/mol. The number of carbonyl (C=O) groups excluding carboxylic acids is 1. The Morgan fingerprint density at radius 3 is 2.23 bits per heavy atom. The molecule has 1 aliphatic carbocycles. The number of aliphatic carboxylic acids is 1. The van der Waals surface area contributed by atoms with Crippen LogP contribution in [0.4, 0.5) is 0 Å². The van der Waals surface area contributed by atoms with Crippen molar-refractivity contribution in [3.05, 3.63) is 0 Å². The van der Waals surface area contributed by atoms with E-state index in [9.17, 15) is 14.7 Å². The van der Waals surface area contributed by atoms with Gasteiger partial charge in [0.25, 0.3) is 0 Å². The van der Waals surface area contributed by atoms with Gasteiger partial charge in [-0.05, 0) is 25.2 Å². The molecule has 1 aliphatic rings. The van der Waals surface area contributed by atoms with E-state index in [1.54, 1.807) is 0 Å². The van der Waals surface area contributed by atoms with Crippen molar-refractivity contribution in [2.24, 2.45) is 17.8 Å². The van der Waals surface area contributed by atoms with Crippen molar-refractivity contribution in [2.45, 2.75) is 78.1 Å². The summed E-state index contributed by atoms with van der Waals surface area (Å²) in [5, 5.41) is 9.18. The maximum atomic E-state index is 12.0. The first-order chi connectivity index (χ1) is 10.5. The number of carbonyl (C=O) groups is 2. The Bertz CT molecular complexity index is 338. The van der Waals surface area contributed by atoms with Crippen LogP contribution in [-0.2, 0) is 14.3 Å². The van der Waals surface area contributed by atoms with Crippen molar-refractivity contribution < 1.29 is 19.4 Å². The molecule has 4 heteroatoms. The fraction of sp³-hybridized carbons (Fsp3) is 0.889. The van der Waals surface area contributed by atoms with Gasteiger partial charge in [-0.1, -0.05) is 58.8 Å². The van der Waals surface area contributed by atoms with Crippen LogP contribution < -0.4 is 0 Å². The van der Waals surface area contributed by atoms with Crippen LogP contribution in [0.2, 0.25) is 0 Å². The van der Waals surface area contributed by atoms with E-state index >= 15 is 0 Å². The summed E-state index contributed by atoms with van der Waals surface area (Å²) in [5.41, 5.74) is 0. The van der Waals surface area contributed by atoms with E-state index in [2.05, 4.69) is 13.8 Å². The van der Waals surface area contributed by atoms with Crippen molar-refractivity contribution >= 4 is 11.9 Å². The smallest absolute Gasteiger partial charge is 0.309 e. The highest BCUT2D eigenvalue weighted by Gasteiger charge is 2.36. The van der Waals surface area contributed by atoms with Gasteiger partial charge in [0.1, 0.15) is 0 Å². The minimum absolute atomic E-state index is 0.299. The third-order valence-corrected chi connectivity index (χ3v) is 4.56. The topological polar surface area (TPSA) is 63.6 Å². The number of hydrogen-bond acceptors (Lipinski definition) is 3. The highest BCUT2D eigenvalue weighted by atomic mass is 16.5. The molecule has 1 rings (SSSR count). The Morgan fingerprint density at radius 1 is 1.00 bits per heavy atom. The molecule has 22 heavy (non-hydrogen) atoms. The second-order valence-corrected chi connectivity index (χ2v) is 6.95. The average molecular weight is 312 g/mol. The number of carboxylic acids is 1. The van der Waals surface area contributed by atoms with Gasteiger partial charge >= 0.3 is 11.9 Å². The Labute approximate surface area is 134 Å². The van der Waals surface area contributed by atoms with Crippen LogP contribution in [-0.4, -0.2) is 23.7 Å². The minimum atomic E-state index is -0.855. The monoisotopic (exact) mass is 312 g/mol. The lowest BCUT2D eigenvalue weighted by molar-refractivity contribution is -0.159. The van der Waals surface area contributed by atoms with Crippen LogP contribution in [0.5, 0.6) is 0 Å². The Balaban J connectivity index is 2.11. The molecule has 4 nitrogen and oxygen atoms in total. The van der Waals surface area contributed by atoms with Crippen LogP contribution in [0.25, 0.3) is 0 Å². The van der Waals surface area contributed by atoms with Crippen LogP contribution in [0.1, 0.15) is 78.1 Å². The van der Waals surface area contributed by atoms with Crippen molar-refractivity contribution in [3.63, 3.8) is 0 Å². The average Bonchev–Trinajstić information content (AvgIpc) is 2.49. The summed E-state index contributed by atoms with van der Waals surface area (Å²) in [6.07, 6.45) is 10.1. The van der Waals surface area contributed by atoms with E-state index in [4.69, 9.17) is 4.74 Å². The van der Waals surface area contributed by atoms with E-state index < -0.39 is 17.8 Å². The molecule has 2 unspecified atom stereocenters. The van der Waals surface area contributed by atoms with E-state index in [1.807, 2.05) is 0 Å². The van der Waals surface area contributed by atoms with E-state index in [0.717, 1.165) is 31.6 Å². The lowest BCUT2D eigenvalue weighted by atomic mass is 9.79. The molecule has 0 heterocycles.